The summed E-state index contributed by atoms with van der Waals surface area (Å²) in [5.41, 5.74) is 0. The minimum absolute atomic E-state index is 0.815. The molecule has 118 valence electrons. The van der Waals surface area contributed by atoms with Gasteiger partial charge in [0, 0.05) is 6.04 Å². The van der Waals surface area contributed by atoms with E-state index < -0.39 is 0 Å². The van der Waals surface area contributed by atoms with Gasteiger partial charge in [-0.1, -0.05) is 58.8 Å². The smallest absolute Gasteiger partial charge is 0.0121 e. The summed E-state index contributed by atoms with van der Waals surface area (Å²) in [6.45, 7) is 4.71. The highest BCUT2D eigenvalue weighted by Crippen LogP contribution is 2.39. The Balaban J connectivity index is 1.80. The van der Waals surface area contributed by atoms with E-state index >= 15 is 0 Å². The van der Waals surface area contributed by atoms with Crippen LogP contribution in [0.1, 0.15) is 84.5 Å². The van der Waals surface area contributed by atoms with Crippen molar-refractivity contribution >= 4 is 0 Å². The predicted octanol–water partition coefficient (Wildman–Crippen LogP) is 5.40. The average Bonchev–Trinajstić information content (AvgIpc) is 2.51. The van der Waals surface area contributed by atoms with Crippen LogP contribution in [-0.2, 0) is 0 Å². The topological polar surface area (TPSA) is 12.0 Å². The first kappa shape index (κ1) is 16.3. The van der Waals surface area contributed by atoms with Gasteiger partial charge in [0.25, 0.3) is 0 Å². The third-order valence-corrected chi connectivity index (χ3v) is 6.41. The second kappa shape index (κ2) is 8.41. The van der Waals surface area contributed by atoms with Crippen LogP contribution in [0.25, 0.3) is 0 Å². The van der Waals surface area contributed by atoms with Crippen LogP contribution in [0.4, 0.5) is 0 Å². The van der Waals surface area contributed by atoms with Gasteiger partial charge >= 0.3 is 0 Å². The summed E-state index contributed by atoms with van der Waals surface area (Å²) >= 11 is 0. The summed E-state index contributed by atoms with van der Waals surface area (Å²) in [4.78, 5) is 0. The van der Waals surface area contributed by atoms with Crippen LogP contribution in [0.5, 0.6) is 0 Å². The van der Waals surface area contributed by atoms with Gasteiger partial charge in [0.05, 0.1) is 0 Å². The molecule has 0 radical (unpaired) electrons. The first-order valence-corrected chi connectivity index (χ1v) is 9.45. The van der Waals surface area contributed by atoms with E-state index in [0.29, 0.717) is 0 Å². The Labute approximate surface area is 127 Å². The summed E-state index contributed by atoms with van der Waals surface area (Å²) in [6.07, 6.45) is 16.2. The van der Waals surface area contributed by atoms with Gasteiger partial charge in [-0.25, -0.2) is 0 Å². The highest BCUT2D eigenvalue weighted by Gasteiger charge is 2.33. The molecule has 2 rings (SSSR count). The van der Waals surface area contributed by atoms with Crippen molar-refractivity contribution in [2.24, 2.45) is 23.7 Å². The Kier molecular flexibility index (Phi) is 6.87. The summed E-state index contributed by atoms with van der Waals surface area (Å²) < 4.78 is 0. The fourth-order valence-corrected chi connectivity index (χ4v) is 5.06. The van der Waals surface area contributed by atoms with Gasteiger partial charge in [0.15, 0.2) is 0 Å². The zero-order valence-electron chi connectivity index (χ0n) is 14.2. The van der Waals surface area contributed by atoms with Crippen molar-refractivity contribution in [2.75, 3.05) is 7.05 Å². The summed E-state index contributed by atoms with van der Waals surface area (Å²) in [5, 5.41) is 3.72. The van der Waals surface area contributed by atoms with Crippen molar-refractivity contribution in [3.8, 4) is 0 Å². The lowest BCUT2D eigenvalue weighted by Gasteiger charge is -2.40. The standard InChI is InChI=1S/C19H37N/c1-4-6-16-9-13-18(14-10-16)19(20-3)17-11-7-15(5-2)8-12-17/h15-20H,4-14H2,1-3H3. The van der Waals surface area contributed by atoms with Crippen molar-refractivity contribution in [2.45, 2.75) is 90.5 Å². The Bertz CT molecular complexity index is 246. The van der Waals surface area contributed by atoms with E-state index in [0.717, 1.165) is 29.7 Å². The molecule has 1 unspecified atom stereocenters. The molecule has 0 aliphatic heterocycles. The molecule has 0 spiro atoms. The number of hydrogen-bond donors (Lipinski definition) is 1. The minimum atomic E-state index is 0.815. The molecule has 2 aliphatic carbocycles. The zero-order valence-corrected chi connectivity index (χ0v) is 14.2. The van der Waals surface area contributed by atoms with Gasteiger partial charge in [0.1, 0.15) is 0 Å². The summed E-state index contributed by atoms with van der Waals surface area (Å²) in [6, 6.07) is 0.815. The molecule has 0 aromatic rings. The Morgan fingerprint density at radius 3 is 1.70 bits per heavy atom. The number of hydrogen-bond acceptors (Lipinski definition) is 1. The number of nitrogens with one attached hydrogen (secondary N) is 1. The van der Waals surface area contributed by atoms with E-state index in [1.807, 2.05) is 0 Å². The molecule has 0 heterocycles. The van der Waals surface area contributed by atoms with Crippen LogP contribution in [0.2, 0.25) is 0 Å². The van der Waals surface area contributed by atoms with E-state index in [-0.39, 0.29) is 0 Å². The molecule has 1 heteroatoms. The van der Waals surface area contributed by atoms with Gasteiger partial charge in [-0.3, -0.25) is 0 Å². The average molecular weight is 280 g/mol. The van der Waals surface area contributed by atoms with Crippen molar-refractivity contribution in [1.29, 1.82) is 0 Å². The Morgan fingerprint density at radius 2 is 1.30 bits per heavy atom. The molecule has 1 atom stereocenters. The normalized spacial score (nSPS) is 36.8. The molecular weight excluding hydrogens is 242 g/mol. The lowest BCUT2D eigenvalue weighted by atomic mass is 9.69. The summed E-state index contributed by atoms with van der Waals surface area (Å²) in [5.74, 6) is 4.01. The van der Waals surface area contributed by atoms with Crippen LogP contribution in [-0.4, -0.2) is 13.1 Å². The van der Waals surface area contributed by atoms with Gasteiger partial charge in [0.2, 0.25) is 0 Å². The van der Waals surface area contributed by atoms with Crippen molar-refractivity contribution in [1.82, 2.24) is 5.32 Å². The maximum Gasteiger partial charge on any atom is 0.0121 e. The largest absolute Gasteiger partial charge is 0.316 e. The Hall–Kier alpha value is -0.0400. The fourth-order valence-electron chi connectivity index (χ4n) is 5.06. The number of rotatable bonds is 6. The van der Waals surface area contributed by atoms with Gasteiger partial charge in [-0.15, -0.1) is 0 Å². The predicted molar refractivity (Wildman–Crippen MR) is 88.9 cm³/mol. The van der Waals surface area contributed by atoms with E-state index in [2.05, 4.69) is 26.2 Å². The monoisotopic (exact) mass is 279 g/mol. The zero-order chi connectivity index (χ0) is 14.4. The van der Waals surface area contributed by atoms with E-state index in [9.17, 15) is 0 Å². The molecule has 0 amide bonds. The molecule has 2 fully saturated rings. The van der Waals surface area contributed by atoms with Crippen molar-refractivity contribution in [3.05, 3.63) is 0 Å². The first-order valence-electron chi connectivity index (χ1n) is 9.45. The summed E-state index contributed by atoms with van der Waals surface area (Å²) in [7, 11) is 2.22. The van der Waals surface area contributed by atoms with Gasteiger partial charge in [-0.05, 0) is 56.4 Å². The molecule has 1 N–H and O–H groups in total. The van der Waals surface area contributed by atoms with Gasteiger partial charge < -0.3 is 5.32 Å². The third-order valence-electron chi connectivity index (χ3n) is 6.41. The second-order valence-corrected chi connectivity index (χ2v) is 7.57. The molecule has 1 nitrogen and oxygen atoms in total. The van der Waals surface area contributed by atoms with Crippen molar-refractivity contribution in [3.63, 3.8) is 0 Å². The lowest BCUT2D eigenvalue weighted by molar-refractivity contribution is 0.140. The molecule has 20 heavy (non-hydrogen) atoms. The van der Waals surface area contributed by atoms with E-state index in [1.54, 1.807) is 0 Å². The lowest BCUT2D eigenvalue weighted by Crippen LogP contribution is -2.43. The molecular formula is C19H37N. The third kappa shape index (κ3) is 4.23. The second-order valence-electron chi connectivity index (χ2n) is 7.57. The molecule has 2 aliphatic rings. The van der Waals surface area contributed by atoms with Crippen LogP contribution in [0.15, 0.2) is 0 Å². The van der Waals surface area contributed by atoms with E-state index in [1.165, 1.54) is 70.6 Å². The molecule has 2 saturated carbocycles. The van der Waals surface area contributed by atoms with Crippen LogP contribution in [0.3, 0.4) is 0 Å². The molecule has 0 aromatic carbocycles. The highest BCUT2D eigenvalue weighted by atomic mass is 14.9. The maximum absolute atomic E-state index is 3.72. The van der Waals surface area contributed by atoms with Crippen molar-refractivity contribution < 1.29 is 0 Å². The maximum atomic E-state index is 3.72. The molecule has 0 saturated heterocycles. The fraction of sp³-hybridized carbons (Fsp3) is 1.00. The minimum Gasteiger partial charge on any atom is -0.316 e. The van der Waals surface area contributed by atoms with Crippen LogP contribution < -0.4 is 5.32 Å². The highest BCUT2D eigenvalue weighted by molar-refractivity contribution is 4.88. The SMILES string of the molecule is CCCC1CCC(C(NC)C2CCC(CC)CC2)CC1. The van der Waals surface area contributed by atoms with E-state index in [4.69, 9.17) is 0 Å². The van der Waals surface area contributed by atoms with Crippen LogP contribution >= 0.6 is 0 Å². The van der Waals surface area contributed by atoms with Gasteiger partial charge in [-0.2, -0.15) is 0 Å². The quantitative estimate of drug-likeness (QED) is 0.686. The molecule has 0 bridgehead atoms. The first-order chi connectivity index (χ1) is 9.78. The molecule has 0 aromatic heterocycles. The Morgan fingerprint density at radius 1 is 0.800 bits per heavy atom. The van der Waals surface area contributed by atoms with Crippen LogP contribution in [0, 0.1) is 23.7 Å².